The van der Waals surface area contributed by atoms with Crippen LogP contribution in [-0.4, -0.2) is 19.6 Å². The molecule has 0 radical (unpaired) electrons. The largest absolute Gasteiger partial charge is 0.433 e. The van der Waals surface area contributed by atoms with E-state index in [1.165, 1.54) is 0 Å². The number of aromatic nitrogens is 4. The minimum absolute atomic E-state index is 0.184. The summed E-state index contributed by atoms with van der Waals surface area (Å²) in [6.07, 6.45) is 0. The number of hydrogen-bond acceptors (Lipinski definition) is 4. The van der Waals surface area contributed by atoms with Crippen molar-refractivity contribution in [2.75, 3.05) is 5.73 Å². The second-order valence-electron chi connectivity index (χ2n) is 5.07. The van der Waals surface area contributed by atoms with Gasteiger partial charge in [-0.2, -0.15) is 10.2 Å². The van der Waals surface area contributed by atoms with Gasteiger partial charge in [-0.1, -0.05) is 0 Å². The predicted octanol–water partition coefficient (Wildman–Crippen LogP) is 2.50. The van der Waals surface area contributed by atoms with E-state index in [0.717, 1.165) is 22.8 Å². The number of nitrogens with two attached hydrogens (primary N) is 1. The Balaban J connectivity index is 2.49. The molecule has 0 aliphatic rings. The molecular weight excluding hydrogens is 242 g/mol. The van der Waals surface area contributed by atoms with E-state index in [0.29, 0.717) is 11.6 Å². The molecule has 0 saturated carbocycles. The zero-order valence-corrected chi connectivity index (χ0v) is 12.4. The third-order valence-electron chi connectivity index (χ3n) is 3.22. The Labute approximate surface area is 113 Å². The smallest absolute Gasteiger partial charge is 0.241 e. The Morgan fingerprint density at radius 1 is 1.11 bits per heavy atom. The molecule has 0 fully saturated rings. The summed E-state index contributed by atoms with van der Waals surface area (Å²) in [7, 11) is 1.89. The zero-order valence-electron chi connectivity index (χ0n) is 12.4. The van der Waals surface area contributed by atoms with Gasteiger partial charge in [-0.15, -0.1) is 0 Å². The van der Waals surface area contributed by atoms with E-state index in [1.54, 1.807) is 9.36 Å². The van der Waals surface area contributed by atoms with Crippen LogP contribution >= 0.6 is 0 Å². The van der Waals surface area contributed by atoms with Crippen LogP contribution in [0.4, 0.5) is 5.69 Å². The first-order chi connectivity index (χ1) is 8.82. The molecule has 0 spiro atoms. The monoisotopic (exact) mass is 263 g/mol. The summed E-state index contributed by atoms with van der Waals surface area (Å²) in [5.74, 6) is 1.34. The van der Waals surface area contributed by atoms with Gasteiger partial charge in [0.15, 0.2) is 5.75 Å². The molecule has 0 atom stereocenters. The Kier molecular flexibility index (Phi) is 3.26. The van der Waals surface area contributed by atoms with Gasteiger partial charge in [-0.25, -0.2) is 4.68 Å². The van der Waals surface area contributed by atoms with Gasteiger partial charge in [-0.3, -0.25) is 4.68 Å². The van der Waals surface area contributed by atoms with E-state index < -0.39 is 0 Å². The average molecular weight is 263 g/mol. The molecule has 19 heavy (non-hydrogen) atoms. The van der Waals surface area contributed by atoms with Crippen molar-refractivity contribution in [2.45, 2.75) is 40.7 Å². The second-order valence-corrected chi connectivity index (χ2v) is 5.07. The number of nitrogens with zero attached hydrogens (tertiary/aromatic N) is 4. The van der Waals surface area contributed by atoms with Crippen molar-refractivity contribution in [1.82, 2.24) is 19.6 Å². The highest BCUT2D eigenvalue weighted by molar-refractivity contribution is 5.54. The molecule has 0 bridgehead atoms. The van der Waals surface area contributed by atoms with Crippen LogP contribution in [-0.2, 0) is 7.05 Å². The Morgan fingerprint density at radius 3 is 2.21 bits per heavy atom. The molecule has 6 nitrogen and oxygen atoms in total. The molecule has 0 aromatic carbocycles. The molecule has 6 heteroatoms. The maximum absolute atomic E-state index is 6.06. The summed E-state index contributed by atoms with van der Waals surface area (Å²) >= 11 is 0. The Morgan fingerprint density at radius 2 is 1.74 bits per heavy atom. The summed E-state index contributed by atoms with van der Waals surface area (Å²) in [5, 5.41) is 8.75. The highest BCUT2D eigenvalue weighted by Crippen LogP contribution is 2.34. The van der Waals surface area contributed by atoms with Crippen molar-refractivity contribution >= 4 is 5.69 Å². The maximum Gasteiger partial charge on any atom is 0.241 e. The van der Waals surface area contributed by atoms with Gasteiger partial charge in [-0.05, 0) is 34.6 Å². The standard InChI is InChI=1S/C13H21N5O/c1-7(2)18-13(11(14)8(3)16-18)19-12-9(4)15-17(6)10(12)5/h7H,14H2,1-6H3. The van der Waals surface area contributed by atoms with Crippen molar-refractivity contribution in [3.05, 3.63) is 17.1 Å². The molecule has 104 valence electrons. The fraction of sp³-hybridized carbons (Fsp3) is 0.538. The first kappa shape index (κ1) is 13.5. The zero-order chi connectivity index (χ0) is 14.3. The van der Waals surface area contributed by atoms with Gasteiger partial charge < -0.3 is 10.5 Å². The van der Waals surface area contributed by atoms with Crippen LogP contribution in [0.5, 0.6) is 11.6 Å². The van der Waals surface area contributed by atoms with Crippen LogP contribution in [0.25, 0.3) is 0 Å². The van der Waals surface area contributed by atoms with Crippen molar-refractivity contribution in [3.63, 3.8) is 0 Å². The molecule has 2 aromatic heterocycles. The summed E-state index contributed by atoms with van der Waals surface area (Å²) in [6, 6.07) is 0.184. The molecule has 0 aliphatic carbocycles. The van der Waals surface area contributed by atoms with E-state index in [-0.39, 0.29) is 6.04 Å². The highest BCUT2D eigenvalue weighted by Gasteiger charge is 2.20. The summed E-state index contributed by atoms with van der Waals surface area (Å²) in [6.45, 7) is 9.85. The van der Waals surface area contributed by atoms with Crippen LogP contribution < -0.4 is 10.5 Å². The molecule has 0 unspecified atom stereocenters. The van der Waals surface area contributed by atoms with Crippen LogP contribution in [0.2, 0.25) is 0 Å². The number of anilines is 1. The van der Waals surface area contributed by atoms with E-state index in [4.69, 9.17) is 10.5 Å². The van der Waals surface area contributed by atoms with Crippen molar-refractivity contribution in [2.24, 2.45) is 7.05 Å². The Bertz CT molecular complexity index is 609. The average Bonchev–Trinajstić information content (AvgIpc) is 2.74. The number of rotatable bonds is 3. The lowest BCUT2D eigenvalue weighted by Crippen LogP contribution is -2.06. The minimum Gasteiger partial charge on any atom is -0.433 e. The molecule has 0 saturated heterocycles. The van der Waals surface area contributed by atoms with E-state index in [9.17, 15) is 0 Å². The van der Waals surface area contributed by atoms with Gasteiger partial charge in [0.25, 0.3) is 0 Å². The van der Waals surface area contributed by atoms with Crippen molar-refractivity contribution in [3.8, 4) is 11.6 Å². The van der Waals surface area contributed by atoms with Gasteiger partial charge >= 0.3 is 0 Å². The number of hydrogen-bond donors (Lipinski definition) is 1. The van der Waals surface area contributed by atoms with E-state index >= 15 is 0 Å². The normalized spacial score (nSPS) is 11.3. The molecule has 2 rings (SSSR count). The van der Waals surface area contributed by atoms with Gasteiger partial charge in [0.1, 0.15) is 11.4 Å². The molecule has 2 heterocycles. The van der Waals surface area contributed by atoms with Gasteiger partial charge in [0.2, 0.25) is 5.88 Å². The fourth-order valence-corrected chi connectivity index (χ4v) is 1.99. The lowest BCUT2D eigenvalue weighted by molar-refractivity contribution is 0.385. The van der Waals surface area contributed by atoms with E-state index in [1.807, 2.05) is 41.7 Å². The third-order valence-corrected chi connectivity index (χ3v) is 3.22. The van der Waals surface area contributed by atoms with Crippen LogP contribution in [0.3, 0.4) is 0 Å². The molecule has 2 N–H and O–H groups in total. The SMILES string of the molecule is Cc1nn(C(C)C)c(Oc2c(C)nn(C)c2C)c1N. The van der Waals surface area contributed by atoms with Crippen LogP contribution in [0.1, 0.15) is 37.0 Å². The summed E-state index contributed by atoms with van der Waals surface area (Å²) in [5.41, 5.74) is 9.23. The van der Waals surface area contributed by atoms with Crippen molar-refractivity contribution in [1.29, 1.82) is 0 Å². The lowest BCUT2D eigenvalue weighted by Gasteiger charge is -2.12. The molecular formula is C13H21N5O. The van der Waals surface area contributed by atoms with Crippen LogP contribution in [0, 0.1) is 20.8 Å². The third kappa shape index (κ3) is 2.18. The maximum atomic E-state index is 6.06. The first-order valence-corrected chi connectivity index (χ1v) is 6.35. The number of ether oxygens (including phenoxy) is 1. The van der Waals surface area contributed by atoms with Crippen LogP contribution in [0.15, 0.2) is 0 Å². The van der Waals surface area contributed by atoms with Gasteiger partial charge in [0, 0.05) is 7.05 Å². The first-order valence-electron chi connectivity index (χ1n) is 6.35. The summed E-state index contributed by atoms with van der Waals surface area (Å²) in [4.78, 5) is 0. The molecule has 0 amide bonds. The van der Waals surface area contributed by atoms with Crippen molar-refractivity contribution < 1.29 is 4.74 Å². The van der Waals surface area contributed by atoms with Gasteiger partial charge in [0.05, 0.1) is 17.4 Å². The predicted molar refractivity (Wildman–Crippen MR) is 74.5 cm³/mol. The number of nitrogen functional groups attached to an aromatic ring is 1. The minimum atomic E-state index is 0.184. The number of aryl methyl sites for hydroxylation is 3. The quantitative estimate of drug-likeness (QED) is 0.923. The molecule has 0 aliphatic heterocycles. The fourth-order valence-electron chi connectivity index (χ4n) is 1.99. The summed E-state index contributed by atoms with van der Waals surface area (Å²) < 4.78 is 9.59. The second kappa shape index (κ2) is 4.60. The Hall–Kier alpha value is -1.98. The molecule has 2 aromatic rings. The highest BCUT2D eigenvalue weighted by atomic mass is 16.5. The van der Waals surface area contributed by atoms with E-state index in [2.05, 4.69) is 10.2 Å². The topological polar surface area (TPSA) is 70.9 Å². The lowest BCUT2D eigenvalue weighted by atomic mass is 10.3.